The lowest BCUT2D eigenvalue weighted by molar-refractivity contribution is -0.141. The number of rotatable bonds is 22. The van der Waals surface area contributed by atoms with Crippen LogP contribution in [0.15, 0.2) is 0 Å². The van der Waals surface area contributed by atoms with Gasteiger partial charge in [-0.1, -0.05) is 137 Å². The van der Waals surface area contributed by atoms with Crippen molar-refractivity contribution in [3.8, 4) is 0 Å². The predicted octanol–water partition coefficient (Wildman–Crippen LogP) is 9.41. The van der Waals surface area contributed by atoms with Crippen molar-refractivity contribution in [1.29, 1.82) is 0 Å². The molecule has 0 saturated carbocycles. The number of carbonyl (C=O) groups is 1. The number of aliphatic carboxylic acids is 1. The summed E-state index contributed by atoms with van der Waals surface area (Å²) in [5.74, 6) is 0.407. The first-order chi connectivity index (χ1) is 14.0. The van der Waals surface area contributed by atoms with Gasteiger partial charge in [-0.25, -0.2) is 0 Å². The zero-order valence-corrected chi connectivity index (χ0v) is 20.5. The van der Waals surface area contributed by atoms with Crippen molar-refractivity contribution in [3.05, 3.63) is 0 Å². The van der Waals surface area contributed by atoms with Crippen molar-refractivity contribution in [3.63, 3.8) is 0 Å². The second-order valence-corrected chi connectivity index (χ2v) is 10.0. The zero-order chi connectivity index (χ0) is 21.7. The SMILES string of the molecule is CCCCCCCCCCCCCCCCCCC(C)CC(C)CC(C)C(=O)O. The summed E-state index contributed by atoms with van der Waals surface area (Å²) in [5, 5.41) is 9.02. The van der Waals surface area contributed by atoms with Crippen LogP contribution in [0.5, 0.6) is 0 Å². The maximum atomic E-state index is 11.0. The number of unbranched alkanes of at least 4 members (excludes halogenated alkanes) is 15. The van der Waals surface area contributed by atoms with Gasteiger partial charge in [0.05, 0.1) is 5.92 Å². The molecule has 0 aliphatic rings. The van der Waals surface area contributed by atoms with Gasteiger partial charge in [0.1, 0.15) is 0 Å². The summed E-state index contributed by atoms with van der Waals surface area (Å²) in [4.78, 5) is 11.0. The van der Waals surface area contributed by atoms with Crippen LogP contribution >= 0.6 is 0 Å². The van der Waals surface area contributed by atoms with Gasteiger partial charge in [0, 0.05) is 0 Å². The minimum atomic E-state index is -0.651. The van der Waals surface area contributed by atoms with E-state index in [1.54, 1.807) is 0 Å². The molecule has 0 fully saturated rings. The Kier molecular flexibility index (Phi) is 20.4. The van der Waals surface area contributed by atoms with Crippen LogP contribution < -0.4 is 0 Å². The Balaban J connectivity index is 3.29. The van der Waals surface area contributed by atoms with E-state index in [-0.39, 0.29) is 5.92 Å². The van der Waals surface area contributed by atoms with Crippen LogP contribution in [0.3, 0.4) is 0 Å². The Labute approximate surface area is 183 Å². The molecular weight excluding hydrogens is 356 g/mol. The van der Waals surface area contributed by atoms with Crippen molar-refractivity contribution in [2.75, 3.05) is 0 Å². The lowest BCUT2D eigenvalue weighted by Crippen LogP contribution is -2.14. The Morgan fingerprint density at radius 3 is 1.34 bits per heavy atom. The van der Waals surface area contributed by atoms with Crippen LogP contribution in [0.4, 0.5) is 0 Å². The Morgan fingerprint density at radius 2 is 0.966 bits per heavy atom. The van der Waals surface area contributed by atoms with Gasteiger partial charge in [0.2, 0.25) is 0 Å². The van der Waals surface area contributed by atoms with Gasteiger partial charge in [0.15, 0.2) is 0 Å². The second kappa shape index (κ2) is 20.7. The van der Waals surface area contributed by atoms with Crippen LogP contribution in [0.25, 0.3) is 0 Å². The van der Waals surface area contributed by atoms with Crippen LogP contribution in [-0.2, 0) is 4.79 Å². The van der Waals surface area contributed by atoms with Crippen LogP contribution in [0, 0.1) is 17.8 Å². The number of hydrogen-bond donors (Lipinski definition) is 1. The van der Waals surface area contributed by atoms with Crippen molar-refractivity contribution in [1.82, 2.24) is 0 Å². The molecule has 1 N–H and O–H groups in total. The minimum absolute atomic E-state index is 0.201. The summed E-state index contributed by atoms with van der Waals surface area (Å²) >= 11 is 0. The summed E-state index contributed by atoms with van der Waals surface area (Å²) < 4.78 is 0. The van der Waals surface area contributed by atoms with Gasteiger partial charge in [-0.15, -0.1) is 0 Å². The van der Waals surface area contributed by atoms with Gasteiger partial charge in [0.25, 0.3) is 0 Å². The molecule has 0 rings (SSSR count). The van der Waals surface area contributed by atoms with E-state index >= 15 is 0 Å². The molecule has 0 radical (unpaired) electrons. The highest BCUT2D eigenvalue weighted by molar-refractivity contribution is 5.69. The van der Waals surface area contributed by atoms with Gasteiger partial charge in [-0.05, 0) is 24.7 Å². The average Bonchev–Trinajstić information content (AvgIpc) is 2.67. The van der Waals surface area contributed by atoms with Crippen LogP contribution in [-0.4, -0.2) is 11.1 Å². The molecule has 2 nitrogen and oxygen atoms in total. The van der Waals surface area contributed by atoms with Crippen molar-refractivity contribution >= 4 is 5.97 Å². The molecule has 0 aliphatic heterocycles. The van der Waals surface area contributed by atoms with E-state index in [1.165, 1.54) is 116 Å². The fourth-order valence-electron chi connectivity index (χ4n) is 4.65. The fraction of sp³-hybridized carbons (Fsp3) is 0.963. The third kappa shape index (κ3) is 20.5. The Hall–Kier alpha value is -0.530. The average molecular weight is 411 g/mol. The molecule has 0 heterocycles. The van der Waals surface area contributed by atoms with Crippen LogP contribution in [0.2, 0.25) is 0 Å². The highest BCUT2D eigenvalue weighted by Gasteiger charge is 2.16. The van der Waals surface area contributed by atoms with Crippen molar-refractivity contribution in [2.45, 2.75) is 150 Å². The van der Waals surface area contributed by atoms with E-state index in [2.05, 4.69) is 20.8 Å². The van der Waals surface area contributed by atoms with Gasteiger partial charge in [-0.2, -0.15) is 0 Å². The molecule has 0 aliphatic carbocycles. The largest absolute Gasteiger partial charge is 0.481 e. The molecule has 0 aromatic heterocycles. The molecule has 0 bridgehead atoms. The third-order valence-electron chi connectivity index (χ3n) is 6.53. The number of hydrogen-bond acceptors (Lipinski definition) is 1. The predicted molar refractivity (Wildman–Crippen MR) is 129 cm³/mol. The van der Waals surface area contributed by atoms with Crippen LogP contribution in [0.1, 0.15) is 150 Å². The van der Waals surface area contributed by atoms with E-state index in [0.29, 0.717) is 5.92 Å². The number of carboxylic acids is 1. The maximum absolute atomic E-state index is 11.0. The Morgan fingerprint density at radius 1 is 0.586 bits per heavy atom. The number of carboxylic acid groups (broad SMARTS) is 1. The molecule has 2 heteroatoms. The first-order valence-corrected chi connectivity index (χ1v) is 13.2. The summed E-state index contributed by atoms with van der Waals surface area (Å²) in [6, 6.07) is 0. The lowest BCUT2D eigenvalue weighted by atomic mass is 9.87. The maximum Gasteiger partial charge on any atom is 0.306 e. The van der Waals surface area contributed by atoms with Gasteiger partial charge >= 0.3 is 5.97 Å². The van der Waals surface area contributed by atoms with Crippen molar-refractivity contribution < 1.29 is 9.90 Å². The fourth-order valence-corrected chi connectivity index (χ4v) is 4.65. The highest BCUT2D eigenvalue weighted by atomic mass is 16.4. The minimum Gasteiger partial charge on any atom is -0.481 e. The van der Waals surface area contributed by atoms with Gasteiger partial charge in [-0.3, -0.25) is 4.79 Å². The van der Waals surface area contributed by atoms with E-state index in [9.17, 15) is 4.79 Å². The molecule has 3 atom stereocenters. The van der Waals surface area contributed by atoms with Gasteiger partial charge < -0.3 is 5.11 Å². The molecule has 0 amide bonds. The topological polar surface area (TPSA) is 37.3 Å². The first-order valence-electron chi connectivity index (χ1n) is 13.2. The monoisotopic (exact) mass is 410 g/mol. The normalized spacial score (nSPS) is 14.6. The molecule has 0 aromatic rings. The lowest BCUT2D eigenvalue weighted by Gasteiger charge is -2.19. The quantitative estimate of drug-likeness (QED) is 0.180. The summed E-state index contributed by atoms with van der Waals surface area (Å²) in [5.41, 5.74) is 0. The molecule has 3 unspecified atom stereocenters. The smallest absolute Gasteiger partial charge is 0.306 e. The molecule has 174 valence electrons. The molecule has 0 spiro atoms. The van der Waals surface area contributed by atoms with E-state index < -0.39 is 5.97 Å². The summed E-state index contributed by atoms with van der Waals surface area (Å²) in [6.45, 7) is 8.67. The first kappa shape index (κ1) is 28.5. The summed E-state index contributed by atoms with van der Waals surface area (Å²) in [7, 11) is 0. The van der Waals surface area contributed by atoms with E-state index in [0.717, 1.165) is 12.3 Å². The third-order valence-corrected chi connectivity index (χ3v) is 6.53. The standard InChI is InChI=1S/C27H54O2/c1-5-6-7-8-9-10-11-12-13-14-15-16-17-18-19-20-21-24(2)22-25(3)23-26(4)27(28)29/h24-26H,5-23H2,1-4H3,(H,28,29). The summed E-state index contributed by atoms with van der Waals surface area (Å²) in [6.07, 6.45) is 26.1. The molecule has 0 aromatic carbocycles. The molecule has 29 heavy (non-hydrogen) atoms. The molecule has 0 saturated heterocycles. The highest BCUT2D eigenvalue weighted by Crippen LogP contribution is 2.23. The van der Waals surface area contributed by atoms with E-state index in [4.69, 9.17) is 5.11 Å². The molecular formula is C27H54O2. The van der Waals surface area contributed by atoms with E-state index in [1.807, 2.05) is 6.92 Å². The zero-order valence-electron chi connectivity index (χ0n) is 20.5. The Bertz CT molecular complexity index is 352. The second-order valence-electron chi connectivity index (χ2n) is 10.0. The van der Waals surface area contributed by atoms with Crippen molar-refractivity contribution in [2.24, 2.45) is 17.8 Å².